The second-order valence-corrected chi connectivity index (χ2v) is 5.42. The molecule has 0 aliphatic carbocycles. The third-order valence-corrected chi connectivity index (χ3v) is 3.82. The van der Waals surface area contributed by atoms with Crippen molar-refractivity contribution in [3.05, 3.63) is 66.6 Å². The fourth-order valence-electron chi connectivity index (χ4n) is 2.68. The molecule has 0 unspecified atom stereocenters. The summed E-state index contributed by atoms with van der Waals surface area (Å²) >= 11 is 0. The molecule has 0 atom stereocenters. The van der Waals surface area contributed by atoms with Gasteiger partial charge in [-0.3, -0.25) is 4.57 Å². The Balaban J connectivity index is 1.85. The van der Waals surface area contributed by atoms with Crippen molar-refractivity contribution >= 4 is 0 Å². The lowest BCUT2D eigenvalue weighted by Gasteiger charge is -2.00. The first-order valence-corrected chi connectivity index (χ1v) is 7.59. The molecule has 0 aliphatic heterocycles. The molecule has 6 nitrogen and oxygen atoms in total. The molecule has 24 heavy (non-hydrogen) atoms. The van der Waals surface area contributed by atoms with Gasteiger partial charge in [0.05, 0.1) is 11.3 Å². The van der Waals surface area contributed by atoms with E-state index >= 15 is 0 Å². The highest BCUT2D eigenvalue weighted by Crippen LogP contribution is 2.33. The lowest BCUT2D eigenvalue weighted by Crippen LogP contribution is -2.00. The number of hydrogen-bond donors (Lipinski definition) is 0. The predicted octanol–water partition coefficient (Wildman–Crippen LogP) is 3.60. The second kappa shape index (κ2) is 5.73. The van der Waals surface area contributed by atoms with Crippen molar-refractivity contribution in [1.82, 2.24) is 24.7 Å². The van der Waals surface area contributed by atoms with Crippen LogP contribution in [0.25, 0.3) is 28.5 Å². The minimum Gasteiger partial charge on any atom is -0.360 e. The Hall–Kier alpha value is -3.28. The lowest BCUT2D eigenvalue weighted by atomic mass is 10.0. The maximum Gasteiger partial charge on any atom is 0.235 e. The molecule has 0 bridgehead atoms. The largest absolute Gasteiger partial charge is 0.360 e. The van der Waals surface area contributed by atoms with E-state index in [-0.39, 0.29) is 0 Å². The van der Waals surface area contributed by atoms with E-state index in [1.807, 2.05) is 54.9 Å². The van der Waals surface area contributed by atoms with Gasteiger partial charge in [-0.25, -0.2) is 15.0 Å². The number of hydrogen-bond acceptors (Lipinski definition) is 5. The summed E-state index contributed by atoms with van der Waals surface area (Å²) < 4.78 is 7.29. The Kier molecular flexibility index (Phi) is 3.42. The molecule has 0 amide bonds. The molecule has 0 aliphatic rings. The zero-order valence-electron chi connectivity index (χ0n) is 13.3. The molecule has 4 rings (SSSR count). The van der Waals surface area contributed by atoms with Crippen LogP contribution in [0.15, 0.2) is 59.5 Å². The first-order valence-electron chi connectivity index (χ1n) is 7.59. The van der Waals surface area contributed by atoms with Gasteiger partial charge >= 0.3 is 0 Å². The van der Waals surface area contributed by atoms with Crippen molar-refractivity contribution in [2.45, 2.75) is 13.8 Å². The topological polar surface area (TPSA) is 69.6 Å². The zero-order chi connectivity index (χ0) is 16.5. The van der Waals surface area contributed by atoms with Crippen LogP contribution in [0.4, 0.5) is 0 Å². The first kappa shape index (κ1) is 14.3. The maximum atomic E-state index is 5.43. The van der Waals surface area contributed by atoms with Crippen LogP contribution in [0.5, 0.6) is 0 Å². The number of imidazole rings is 1. The first-order chi connectivity index (χ1) is 11.7. The highest BCUT2D eigenvalue weighted by Gasteiger charge is 2.20. The Morgan fingerprint density at radius 1 is 0.958 bits per heavy atom. The molecule has 0 spiro atoms. The van der Waals surface area contributed by atoms with Gasteiger partial charge < -0.3 is 4.52 Å². The standard InChI is InChI=1S/C18H15N5O/c1-12-16(17(22-24-12)14-7-4-3-5-8-14)15-11-23(13(2)21-15)18-19-9-6-10-20-18/h3-11H,1-2H3. The third kappa shape index (κ3) is 2.38. The molecule has 1 aromatic carbocycles. The lowest BCUT2D eigenvalue weighted by molar-refractivity contribution is 0.400. The Labute approximate surface area is 138 Å². The fraction of sp³-hybridized carbons (Fsp3) is 0.111. The number of benzene rings is 1. The van der Waals surface area contributed by atoms with Gasteiger partial charge in [-0.2, -0.15) is 0 Å². The third-order valence-electron chi connectivity index (χ3n) is 3.82. The van der Waals surface area contributed by atoms with Crippen molar-refractivity contribution < 1.29 is 4.52 Å². The van der Waals surface area contributed by atoms with E-state index in [0.717, 1.165) is 34.1 Å². The van der Waals surface area contributed by atoms with E-state index in [0.29, 0.717) is 5.95 Å². The van der Waals surface area contributed by atoms with Gasteiger partial charge in [-0.05, 0) is 19.9 Å². The van der Waals surface area contributed by atoms with Gasteiger partial charge in [0.15, 0.2) is 0 Å². The van der Waals surface area contributed by atoms with Gasteiger partial charge in [0.1, 0.15) is 17.3 Å². The molecular weight excluding hydrogens is 302 g/mol. The summed E-state index contributed by atoms with van der Waals surface area (Å²) in [6.07, 6.45) is 5.33. The van der Waals surface area contributed by atoms with Crippen molar-refractivity contribution in [2.75, 3.05) is 0 Å². The molecule has 0 saturated heterocycles. The molecular formula is C18H15N5O. The van der Waals surface area contributed by atoms with Crippen LogP contribution in [-0.2, 0) is 0 Å². The summed E-state index contributed by atoms with van der Waals surface area (Å²) in [6, 6.07) is 11.7. The van der Waals surface area contributed by atoms with Crippen LogP contribution in [0.3, 0.4) is 0 Å². The van der Waals surface area contributed by atoms with Crippen molar-refractivity contribution in [1.29, 1.82) is 0 Å². The molecule has 118 valence electrons. The van der Waals surface area contributed by atoms with Crippen LogP contribution in [0.1, 0.15) is 11.6 Å². The van der Waals surface area contributed by atoms with Crippen LogP contribution in [0, 0.1) is 13.8 Å². The quantitative estimate of drug-likeness (QED) is 0.577. The summed E-state index contributed by atoms with van der Waals surface area (Å²) in [5.74, 6) is 2.12. The summed E-state index contributed by atoms with van der Waals surface area (Å²) in [4.78, 5) is 13.2. The Bertz CT molecular complexity index is 973. The highest BCUT2D eigenvalue weighted by molar-refractivity contribution is 5.80. The number of rotatable bonds is 3. The summed E-state index contributed by atoms with van der Waals surface area (Å²) in [5, 5.41) is 4.22. The van der Waals surface area contributed by atoms with E-state index < -0.39 is 0 Å². The number of aryl methyl sites for hydroxylation is 2. The van der Waals surface area contributed by atoms with E-state index in [1.54, 1.807) is 18.5 Å². The minimum atomic E-state index is 0.587. The van der Waals surface area contributed by atoms with Crippen molar-refractivity contribution in [3.8, 4) is 28.5 Å². The maximum absolute atomic E-state index is 5.43. The van der Waals surface area contributed by atoms with Crippen LogP contribution < -0.4 is 0 Å². The molecule has 0 fully saturated rings. The number of nitrogens with zero attached hydrogens (tertiary/aromatic N) is 5. The second-order valence-electron chi connectivity index (χ2n) is 5.42. The van der Waals surface area contributed by atoms with Gasteiger partial charge in [0, 0.05) is 24.2 Å². The van der Waals surface area contributed by atoms with Crippen LogP contribution in [-0.4, -0.2) is 24.7 Å². The van der Waals surface area contributed by atoms with E-state index in [9.17, 15) is 0 Å². The highest BCUT2D eigenvalue weighted by atomic mass is 16.5. The Morgan fingerprint density at radius 2 is 1.71 bits per heavy atom. The van der Waals surface area contributed by atoms with E-state index in [1.165, 1.54) is 0 Å². The zero-order valence-corrected chi connectivity index (χ0v) is 13.3. The van der Waals surface area contributed by atoms with Gasteiger partial charge in [0.25, 0.3) is 0 Å². The molecule has 4 aromatic rings. The average Bonchev–Trinajstić information content (AvgIpc) is 3.19. The van der Waals surface area contributed by atoms with Crippen LogP contribution in [0.2, 0.25) is 0 Å². The molecule has 3 aromatic heterocycles. The molecule has 6 heteroatoms. The SMILES string of the molecule is Cc1onc(-c2ccccc2)c1-c1cn(-c2ncccn2)c(C)n1. The molecule has 0 N–H and O–H groups in total. The van der Waals surface area contributed by atoms with Crippen molar-refractivity contribution in [3.63, 3.8) is 0 Å². The Morgan fingerprint density at radius 3 is 2.46 bits per heavy atom. The van der Waals surface area contributed by atoms with Crippen LogP contribution >= 0.6 is 0 Å². The monoisotopic (exact) mass is 317 g/mol. The van der Waals surface area contributed by atoms with Crippen molar-refractivity contribution in [2.24, 2.45) is 0 Å². The smallest absolute Gasteiger partial charge is 0.235 e. The minimum absolute atomic E-state index is 0.587. The molecule has 0 radical (unpaired) electrons. The summed E-state index contributed by atoms with van der Waals surface area (Å²) in [7, 11) is 0. The molecule has 3 heterocycles. The van der Waals surface area contributed by atoms with Gasteiger partial charge in [-0.15, -0.1) is 0 Å². The van der Waals surface area contributed by atoms with Gasteiger partial charge in [-0.1, -0.05) is 35.5 Å². The predicted molar refractivity (Wildman–Crippen MR) is 89.6 cm³/mol. The molecule has 0 saturated carbocycles. The van der Waals surface area contributed by atoms with E-state index in [4.69, 9.17) is 4.52 Å². The average molecular weight is 317 g/mol. The van der Waals surface area contributed by atoms with Gasteiger partial charge in [0.2, 0.25) is 5.95 Å². The fourth-order valence-corrected chi connectivity index (χ4v) is 2.68. The van der Waals surface area contributed by atoms with E-state index in [2.05, 4.69) is 20.1 Å². The number of aromatic nitrogens is 5. The summed E-state index contributed by atoms with van der Waals surface area (Å²) in [6.45, 7) is 3.81. The summed E-state index contributed by atoms with van der Waals surface area (Å²) in [5.41, 5.74) is 3.45. The normalized spacial score (nSPS) is 10.9.